The first-order chi connectivity index (χ1) is 17.7. The van der Waals surface area contributed by atoms with Crippen molar-refractivity contribution in [1.29, 1.82) is 0 Å². The van der Waals surface area contributed by atoms with Crippen molar-refractivity contribution >= 4 is 17.7 Å². The fraction of sp³-hybridized carbons (Fsp3) is 0.600. The van der Waals surface area contributed by atoms with E-state index in [1.807, 2.05) is 38.1 Å². The first-order valence-corrected chi connectivity index (χ1v) is 13.7. The number of hydrogen-bond acceptors (Lipinski definition) is 4. The average Bonchev–Trinajstić information content (AvgIpc) is 3.08. The molecule has 1 saturated heterocycles. The Morgan fingerprint density at radius 1 is 1.08 bits per heavy atom. The fourth-order valence-corrected chi connectivity index (χ4v) is 5.38. The first-order valence-electron chi connectivity index (χ1n) is 13.7. The number of carbonyl (C=O) groups is 2. The summed E-state index contributed by atoms with van der Waals surface area (Å²) >= 11 is 0. The van der Waals surface area contributed by atoms with E-state index in [-0.39, 0.29) is 12.0 Å². The van der Waals surface area contributed by atoms with Crippen molar-refractivity contribution in [2.45, 2.75) is 91.7 Å². The second-order valence-corrected chi connectivity index (χ2v) is 10.5. The van der Waals surface area contributed by atoms with Gasteiger partial charge in [-0.15, -0.1) is 0 Å². The van der Waals surface area contributed by atoms with E-state index in [2.05, 4.69) is 35.6 Å². The van der Waals surface area contributed by atoms with E-state index in [1.165, 1.54) is 22.5 Å². The molecule has 1 aromatic carbocycles. The zero-order valence-corrected chi connectivity index (χ0v) is 23.6. The molecule has 204 valence electrons. The van der Waals surface area contributed by atoms with Crippen LogP contribution in [0.25, 0.3) is 0 Å². The Hall–Kier alpha value is -2.80. The van der Waals surface area contributed by atoms with Gasteiger partial charge in [0, 0.05) is 62.8 Å². The highest BCUT2D eigenvalue weighted by atomic mass is 16.6. The van der Waals surface area contributed by atoms with Crippen molar-refractivity contribution in [2.24, 2.45) is 0 Å². The average molecular weight is 512 g/mol. The summed E-state index contributed by atoms with van der Waals surface area (Å²) < 4.78 is 12.9. The van der Waals surface area contributed by atoms with Gasteiger partial charge in [0.2, 0.25) is 5.91 Å². The standard InChI is InChI=1S/C30H45N3O4/c1-21(2)37-30(35)31-27-15-13-25(14-16-27)10-7-12-28(34)32-17-8-11-26(20-32)29-23(4)22(3)24(5)33(29)18-9-19-36-6/h13-16,21,26H,7-12,17-20H2,1-6H3,(H,31,35). The quantitative estimate of drug-likeness (QED) is 0.368. The van der Waals surface area contributed by atoms with Crippen LogP contribution in [0.1, 0.15) is 79.9 Å². The smallest absolute Gasteiger partial charge is 0.411 e. The van der Waals surface area contributed by atoms with Crippen molar-refractivity contribution in [2.75, 3.05) is 32.1 Å². The maximum atomic E-state index is 13.1. The molecule has 7 nitrogen and oxygen atoms in total. The number of aromatic nitrogens is 1. The van der Waals surface area contributed by atoms with E-state index in [0.29, 0.717) is 18.0 Å². The van der Waals surface area contributed by atoms with E-state index >= 15 is 0 Å². The Morgan fingerprint density at radius 3 is 2.49 bits per heavy atom. The number of piperidine rings is 1. The lowest BCUT2D eigenvalue weighted by Crippen LogP contribution is -2.39. The third-order valence-electron chi connectivity index (χ3n) is 7.48. The van der Waals surface area contributed by atoms with Gasteiger partial charge in [0.25, 0.3) is 0 Å². The van der Waals surface area contributed by atoms with Gasteiger partial charge in [0.1, 0.15) is 0 Å². The van der Waals surface area contributed by atoms with Crippen molar-refractivity contribution in [3.05, 3.63) is 52.3 Å². The number of likely N-dealkylation sites (tertiary alicyclic amines) is 1. The predicted octanol–water partition coefficient (Wildman–Crippen LogP) is 6.14. The zero-order chi connectivity index (χ0) is 26.9. The molecule has 1 N–H and O–H groups in total. The van der Waals surface area contributed by atoms with Gasteiger partial charge in [-0.3, -0.25) is 10.1 Å². The number of amides is 2. The molecule has 1 fully saturated rings. The minimum absolute atomic E-state index is 0.157. The van der Waals surface area contributed by atoms with Crippen molar-refractivity contribution in [3.63, 3.8) is 0 Å². The topological polar surface area (TPSA) is 72.8 Å². The van der Waals surface area contributed by atoms with Crippen molar-refractivity contribution in [3.8, 4) is 0 Å². The molecule has 7 heteroatoms. The molecule has 3 rings (SSSR count). The third kappa shape index (κ3) is 7.84. The van der Waals surface area contributed by atoms with Crippen LogP contribution in [0, 0.1) is 20.8 Å². The summed E-state index contributed by atoms with van der Waals surface area (Å²) in [5.41, 5.74) is 7.36. The van der Waals surface area contributed by atoms with Crippen LogP contribution in [-0.4, -0.2) is 54.4 Å². The number of hydrogen-bond donors (Lipinski definition) is 1. The largest absolute Gasteiger partial charge is 0.447 e. The number of nitrogens with one attached hydrogen (secondary N) is 1. The second kappa shape index (κ2) is 13.7. The molecule has 1 atom stereocenters. The van der Waals surface area contributed by atoms with E-state index in [4.69, 9.17) is 9.47 Å². The normalized spacial score (nSPS) is 15.8. The molecule has 1 aliphatic heterocycles. The maximum Gasteiger partial charge on any atom is 0.411 e. The van der Waals surface area contributed by atoms with Crippen LogP contribution in [0.3, 0.4) is 0 Å². The van der Waals surface area contributed by atoms with Crippen LogP contribution in [0.15, 0.2) is 24.3 Å². The summed E-state index contributed by atoms with van der Waals surface area (Å²) in [6, 6.07) is 7.75. The maximum absolute atomic E-state index is 13.1. The van der Waals surface area contributed by atoms with Gasteiger partial charge in [-0.25, -0.2) is 4.79 Å². The number of carbonyl (C=O) groups excluding carboxylic acids is 2. The number of anilines is 1. The molecular formula is C30H45N3O4. The van der Waals surface area contributed by atoms with Crippen molar-refractivity contribution < 1.29 is 19.1 Å². The zero-order valence-electron chi connectivity index (χ0n) is 23.6. The summed E-state index contributed by atoms with van der Waals surface area (Å²) in [5, 5.41) is 2.73. The van der Waals surface area contributed by atoms with Crippen LogP contribution < -0.4 is 5.32 Å². The second-order valence-electron chi connectivity index (χ2n) is 10.5. The van der Waals surface area contributed by atoms with Crippen LogP contribution in [0.5, 0.6) is 0 Å². The number of ether oxygens (including phenoxy) is 2. The molecule has 0 aliphatic carbocycles. The van der Waals surface area contributed by atoms with E-state index in [0.717, 1.165) is 63.9 Å². The lowest BCUT2D eigenvalue weighted by Gasteiger charge is -2.34. The van der Waals surface area contributed by atoms with Gasteiger partial charge in [0.05, 0.1) is 6.10 Å². The van der Waals surface area contributed by atoms with Gasteiger partial charge in [0.15, 0.2) is 0 Å². The predicted molar refractivity (Wildman–Crippen MR) is 148 cm³/mol. The molecule has 2 heterocycles. The highest BCUT2D eigenvalue weighted by Gasteiger charge is 2.29. The van der Waals surface area contributed by atoms with E-state index in [9.17, 15) is 9.59 Å². The third-order valence-corrected chi connectivity index (χ3v) is 7.48. The molecular weight excluding hydrogens is 466 g/mol. The Kier molecular flexibility index (Phi) is 10.6. The molecule has 37 heavy (non-hydrogen) atoms. The monoisotopic (exact) mass is 511 g/mol. The Labute approximate surface area is 222 Å². The number of rotatable bonds is 11. The molecule has 1 unspecified atom stereocenters. The molecule has 0 bridgehead atoms. The first kappa shape index (κ1) is 28.8. The molecule has 2 amide bonds. The summed E-state index contributed by atoms with van der Waals surface area (Å²) in [6.07, 6.45) is 4.76. The molecule has 0 spiro atoms. The summed E-state index contributed by atoms with van der Waals surface area (Å²) in [6.45, 7) is 13.7. The van der Waals surface area contributed by atoms with Gasteiger partial charge >= 0.3 is 6.09 Å². The van der Waals surface area contributed by atoms with Crippen LogP contribution in [-0.2, 0) is 27.2 Å². The molecule has 1 aromatic heterocycles. The minimum atomic E-state index is -0.448. The number of benzene rings is 1. The Morgan fingerprint density at radius 2 is 1.81 bits per heavy atom. The van der Waals surface area contributed by atoms with Gasteiger partial charge in [-0.1, -0.05) is 12.1 Å². The molecule has 2 aromatic rings. The highest BCUT2D eigenvalue weighted by Crippen LogP contribution is 2.34. The van der Waals surface area contributed by atoms with Crippen LogP contribution in [0.2, 0.25) is 0 Å². The lowest BCUT2D eigenvalue weighted by atomic mass is 9.91. The number of aryl methyl sites for hydroxylation is 1. The summed E-state index contributed by atoms with van der Waals surface area (Å²) in [7, 11) is 1.75. The number of nitrogens with zero attached hydrogens (tertiary/aromatic N) is 2. The van der Waals surface area contributed by atoms with Crippen LogP contribution >= 0.6 is 0 Å². The lowest BCUT2D eigenvalue weighted by molar-refractivity contribution is -0.132. The summed E-state index contributed by atoms with van der Waals surface area (Å²) in [4.78, 5) is 27.0. The Balaban J connectivity index is 1.53. The van der Waals surface area contributed by atoms with Gasteiger partial charge in [-0.2, -0.15) is 0 Å². The molecule has 1 aliphatic rings. The highest BCUT2D eigenvalue weighted by molar-refractivity contribution is 5.84. The Bertz CT molecular complexity index is 1040. The molecule has 0 radical (unpaired) electrons. The van der Waals surface area contributed by atoms with Crippen molar-refractivity contribution in [1.82, 2.24) is 9.47 Å². The van der Waals surface area contributed by atoms with Crippen LogP contribution in [0.4, 0.5) is 10.5 Å². The van der Waals surface area contributed by atoms with Gasteiger partial charge in [-0.05, 0) is 95.5 Å². The fourth-order valence-electron chi connectivity index (χ4n) is 5.38. The molecule has 0 saturated carbocycles. The minimum Gasteiger partial charge on any atom is -0.447 e. The SMILES string of the molecule is COCCCn1c(C)c(C)c(C)c1C1CCCN(C(=O)CCCc2ccc(NC(=O)OC(C)C)cc2)C1. The van der Waals surface area contributed by atoms with E-state index in [1.54, 1.807) is 7.11 Å². The summed E-state index contributed by atoms with van der Waals surface area (Å²) in [5.74, 6) is 0.637. The van der Waals surface area contributed by atoms with Gasteiger partial charge < -0.3 is 18.9 Å². The van der Waals surface area contributed by atoms with E-state index < -0.39 is 6.09 Å². The number of methoxy groups -OCH3 is 1.